The lowest BCUT2D eigenvalue weighted by Crippen LogP contribution is -2.39. The molecule has 1 fully saturated rings. The van der Waals surface area contributed by atoms with Crippen LogP contribution in [0.3, 0.4) is 0 Å². The third-order valence-corrected chi connectivity index (χ3v) is 5.77. The summed E-state index contributed by atoms with van der Waals surface area (Å²) in [5.41, 5.74) is 1.22. The Bertz CT molecular complexity index is 1130. The number of aromatic nitrogens is 2. The fraction of sp³-hybridized carbons (Fsp3) is 0.375. The molecule has 174 valence electrons. The van der Waals surface area contributed by atoms with Gasteiger partial charge in [0.25, 0.3) is 5.91 Å². The van der Waals surface area contributed by atoms with Crippen molar-refractivity contribution < 1.29 is 28.3 Å². The number of ether oxygens (including phenoxy) is 4. The highest BCUT2D eigenvalue weighted by atomic mass is 16.5. The van der Waals surface area contributed by atoms with Crippen molar-refractivity contribution in [1.29, 1.82) is 0 Å². The summed E-state index contributed by atoms with van der Waals surface area (Å²) in [6.45, 7) is 1.12. The number of benzene rings is 2. The van der Waals surface area contributed by atoms with Crippen molar-refractivity contribution >= 4 is 5.91 Å². The monoisotopic (exact) mass is 453 g/mol. The minimum absolute atomic E-state index is 0.0549. The van der Waals surface area contributed by atoms with Crippen molar-refractivity contribution in [2.75, 3.05) is 41.5 Å². The molecule has 3 aromatic rings. The number of amides is 1. The summed E-state index contributed by atoms with van der Waals surface area (Å²) in [5, 5.41) is 4.15. The molecule has 0 aliphatic carbocycles. The normalized spacial score (nSPS) is 15.8. The van der Waals surface area contributed by atoms with Gasteiger partial charge in [0, 0.05) is 18.7 Å². The number of carbonyl (C=O) groups excluding carboxylic acids is 1. The van der Waals surface area contributed by atoms with Gasteiger partial charge in [0.15, 0.2) is 23.0 Å². The van der Waals surface area contributed by atoms with Crippen LogP contribution in [0.15, 0.2) is 40.9 Å². The molecule has 0 spiro atoms. The van der Waals surface area contributed by atoms with Gasteiger partial charge in [-0.25, -0.2) is 0 Å². The van der Waals surface area contributed by atoms with Gasteiger partial charge in [-0.15, -0.1) is 0 Å². The first kappa shape index (κ1) is 22.4. The second-order valence-corrected chi connectivity index (χ2v) is 7.66. The number of hydrogen-bond acceptors (Lipinski definition) is 8. The molecule has 0 saturated carbocycles. The van der Waals surface area contributed by atoms with Gasteiger partial charge in [-0.3, -0.25) is 4.79 Å². The quantitative estimate of drug-likeness (QED) is 0.533. The number of methoxy groups -OCH3 is 4. The molecular weight excluding hydrogens is 426 g/mol. The van der Waals surface area contributed by atoms with Gasteiger partial charge >= 0.3 is 0 Å². The van der Waals surface area contributed by atoms with Crippen LogP contribution in [0.25, 0.3) is 11.4 Å². The Balaban J connectivity index is 1.53. The maximum Gasteiger partial charge on any atom is 0.257 e. The predicted molar refractivity (Wildman–Crippen MR) is 120 cm³/mol. The summed E-state index contributed by atoms with van der Waals surface area (Å²) in [6, 6.07) is 10.7. The second-order valence-electron chi connectivity index (χ2n) is 7.66. The van der Waals surface area contributed by atoms with Crippen LogP contribution in [-0.4, -0.2) is 62.5 Å². The number of carbonyl (C=O) groups is 1. The highest BCUT2D eigenvalue weighted by Gasteiger charge is 2.31. The Kier molecular flexibility index (Phi) is 6.67. The lowest BCUT2D eigenvalue weighted by atomic mass is 9.97. The first-order chi connectivity index (χ1) is 16.1. The first-order valence-electron chi connectivity index (χ1n) is 10.7. The minimum Gasteiger partial charge on any atom is -0.493 e. The molecule has 1 amide bonds. The average molecular weight is 453 g/mol. The highest BCUT2D eigenvalue weighted by Crippen LogP contribution is 2.35. The molecule has 1 atom stereocenters. The van der Waals surface area contributed by atoms with Crippen molar-refractivity contribution in [3.8, 4) is 34.4 Å². The van der Waals surface area contributed by atoms with E-state index in [1.54, 1.807) is 56.6 Å². The van der Waals surface area contributed by atoms with Gasteiger partial charge in [0.05, 0.1) is 39.9 Å². The minimum atomic E-state index is -0.116. The van der Waals surface area contributed by atoms with Crippen LogP contribution >= 0.6 is 0 Å². The largest absolute Gasteiger partial charge is 0.493 e. The van der Waals surface area contributed by atoms with Gasteiger partial charge in [0.2, 0.25) is 11.7 Å². The van der Waals surface area contributed by atoms with Gasteiger partial charge in [-0.05, 0) is 43.2 Å². The Morgan fingerprint density at radius 2 is 1.79 bits per heavy atom. The summed E-state index contributed by atoms with van der Waals surface area (Å²) < 4.78 is 27.0. The summed E-state index contributed by atoms with van der Waals surface area (Å²) >= 11 is 0. The van der Waals surface area contributed by atoms with Gasteiger partial charge in [-0.2, -0.15) is 4.98 Å². The molecule has 9 heteroatoms. The van der Waals surface area contributed by atoms with E-state index >= 15 is 0 Å². The average Bonchev–Trinajstić information content (AvgIpc) is 3.37. The molecule has 1 saturated heterocycles. The Morgan fingerprint density at radius 3 is 2.52 bits per heavy atom. The molecule has 1 aliphatic rings. The fourth-order valence-corrected chi connectivity index (χ4v) is 4.08. The van der Waals surface area contributed by atoms with Crippen LogP contribution in [0.5, 0.6) is 23.0 Å². The Morgan fingerprint density at radius 1 is 1.00 bits per heavy atom. The number of hydrogen-bond donors (Lipinski definition) is 0. The van der Waals surface area contributed by atoms with Crippen LogP contribution in [0.2, 0.25) is 0 Å². The van der Waals surface area contributed by atoms with Crippen molar-refractivity contribution in [2.24, 2.45) is 0 Å². The SMILES string of the molecule is COc1ccc(-c2noc([C@H]3CCCN(C(=O)c4cccc(OC)c4OC)C3)n2)cc1OC. The van der Waals surface area contributed by atoms with E-state index < -0.39 is 0 Å². The van der Waals surface area contributed by atoms with E-state index in [4.69, 9.17) is 23.5 Å². The van der Waals surface area contributed by atoms with E-state index in [2.05, 4.69) is 10.1 Å². The third kappa shape index (κ3) is 4.44. The number of piperidine rings is 1. The fourth-order valence-electron chi connectivity index (χ4n) is 4.08. The van der Waals surface area contributed by atoms with E-state index in [1.807, 2.05) is 6.07 Å². The zero-order valence-corrected chi connectivity index (χ0v) is 19.2. The summed E-state index contributed by atoms with van der Waals surface area (Å²) in [6.07, 6.45) is 1.68. The van der Waals surface area contributed by atoms with Gasteiger partial charge in [0.1, 0.15) is 0 Å². The number of likely N-dealkylation sites (tertiary alicyclic amines) is 1. The molecule has 4 rings (SSSR count). The molecule has 2 aromatic carbocycles. The zero-order valence-electron chi connectivity index (χ0n) is 19.2. The second kappa shape index (κ2) is 9.81. The molecule has 0 radical (unpaired) electrons. The van der Waals surface area contributed by atoms with Gasteiger partial charge in [-0.1, -0.05) is 11.2 Å². The molecule has 33 heavy (non-hydrogen) atoms. The number of para-hydroxylation sites is 1. The van der Waals surface area contributed by atoms with Crippen molar-refractivity contribution in [2.45, 2.75) is 18.8 Å². The third-order valence-electron chi connectivity index (χ3n) is 5.77. The molecule has 1 aliphatic heterocycles. The van der Waals surface area contributed by atoms with E-state index in [0.29, 0.717) is 53.4 Å². The summed E-state index contributed by atoms with van der Waals surface area (Å²) in [4.78, 5) is 19.7. The zero-order chi connectivity index (χ0) is 23.4. The number of rotatable bonds is 7. The molecule has 0 N–H and O–H groups in total. The molecular formula is C24H27N3O6. The predicted octanol–water partition coefficient (Wildman–Crippen LogP) is 3.79. The molecule has 0 bridgehead atoms. The standard InChI is InChI=1S/C24H27N3O6/c1-29-18-11-10-15(13-20(18)31-3)22-25-23(33-26-22)16-7-6-12-27(14-16)24(28)17-8-5-9-19(30-2)21(17)32-4/h5,8-11,13,16H,6-7,12,14H2,1-4H3/t16-/m0/s1. The van der Waals surface area contributed by atoms with E-state index in [-0.39, 0.29) is 11.8 Å². The molecule has 0 unspecified atom stereocenters. The lowest BCUT2D eigenvalue weighted by molar-refractivity contribution is 0.0691. The molecule has 2 heterocycles. The summed E-state index contributed by atoms with van der Waals surface area (Å²) in [7, 11) is 6.24. The maximum absolute atomic E-state index is 13.3. The van der Waals surface area contributed by atoms with E-state index in [9.17, 15) is 4.79 Å². The number of nitrogens with zero attached hydrogens (tertiary/aromatic N) is 3. The van der Waals surface area contributed by atoms with Gasteiger partial charge < -0.3 is 28.4 Å². The smallest absolute Gasteiger partial charge is 0.257 e. The van der Waals surface area contributed by atoms with Crippen LogP contribution < -0.4 is 18.9 Å². The topological polar surface area (TPSA) is 96.2 Å². The summed E-state index contributed by atoms with van der Waals surface area (Å²) in [5.74, 6) is 2.96. The van der Waals surface area contributed by atoms with Crippen molar-refractivity contribution in [3.63, 3.8) is 0 Å². The first-order valence-corrected chi connectivity index (χ1v) is 10.7. The maximum atomic E-state index is 13.3. The van der Waals surface area contributed by atoms with E-state index in [1.165, 1.54) is 7.11 Å². The van der Waals surface area contributed by atoms with Crippen molar-refractivity contribution in [3.05, 3.63) is 47.9 Å². The van der Waals surface area contributed by atoms with Crippen LogP contribution in [0, 0.1) is 0 Å². The lowest BCUT2D eigenvalue weighted by Gasteiger charge is -2.31. The molecule has 1 aromatic heterocycles. The Hall–Kier alpha value is -3.75. The van der Waals surface area contributed by atoms with Crippen molar-refractivity contribution in [1.82, 2.24) is 15.0 Å². The van der Waals surface area contributed by atoms with Crippen LogP contribution in [-0.2, 0) is 0 Å². The Labute approximate surface area is 192 Å². The van der Waals surface area contributed by atoms with Crippen LogP contribution in [0.4, 0.5) is 0 Å². The van der Waals surface area contributed by atoms with Crippen LogP contribution in [0.1, 0.15) is 35.0 Å². The molecule has 9 nitrogen and oxygen atoms in total. The van der Waals surface area contributed by atoms with E-state index in [0.717, 1.165) is 18.4 Å². The highest BCUT2D eigenvalue weighted by molar-refractivity contribution is 5.98.